The van der Waals surface area contributed by atoms with Crippen molar-refractivity contribution >= 4 is 40.0 Å². The van der Waals surface area contributed by atoms with Crippen LogP contribution in [0.3, 0.4) is 0 Å². The predicted octanol–water partition coefficient (Wildman–Crippen LogP) is 3.92. The van der Waals surface area contributed by atoms with Gasteiger partial charge >= 0.3 is 6.03 Å². The number of β-amino-alcohol motifs (C(OH)–C–C–N with tert-alkyl or cyclic N) is 1. The molecule has 5 rings (SSSR count). The Bertz CT molecular complexity index is 1500. The van der Waals surface area contributed by atoms with Crippen LogP contribution in [0.15, 0.2) is 54.9 Å². The van der Waals surface area contributed by atoms with Crippen LogP contribution in [0.25, 0.3) is 10.9 Å². The van der Waals surface area contributed by atoms with Crippen molar-refractivity contribution in [1.29, 1.82) is 0 Å². The second-order valence-electron chi connectivity index (χ2n) is 9.32. The maximum atomic E-state index is 12.9. The number of aliphatic hydroxyl groups excluding tert-OH is 1. The number of benzene rings is 1. The number of pyridine rings is 1. The number of nitrogens with one attached hydrogen (secondary N) is 2. The summed E-state index contributed by atoms with van der Waals surface area (Å²) in [5.74, 6) is 1.41. The summed E-state index contributed by atoms with van der Waals surface area (Å²) < 4.78 is 18.7. The molecule has 12 heteroatoms. The first-order chi connectivity index (χ1) is 19.4. The third-order valence-electron chi connectivity index (χ3n) is 6.45. The van der Waals surface area contributed by atoms with Crippen LogP contribution >= 0.6 is 11.3 Å². The highest BCUT2D eigenvalue weighted by Crippen LogP contribution is 2.36. The van der Waals surface area contributed by atoms with Crippen LogP contribution in [-0.4, -0.2) is 78.1 Å². The van der Waals surface area contributed by atoms with Crippen LogP contribution in [0.1, 0.15) is 21.0 Å². The molecule has 2 amide bonds. The minimum atomic E-state index is -0.276. The zero-order valence-electron chi connectivity index (χ0n) is 22.3. The summed E-state index contributed by atoms with van der Waals surface area (Å²) in [7, 11) is 3.16. The largest absolute Gasteiger partial charge is 0.487 e. The van der Waals surface area contributed by atoms with E-state index in [1.165, 1.54) is 15.9 Å². The summed E-state index contributed by atoms with van der Waals surface area (Å²) in [6, 6.07) is 12.1. The fourth-order valence-corrected chi connectivity index (χ4v) is 5.42. The topological polar surface area (TPSA) is 127 Å². The average Bonchev–Trinajstić information content (AvgIpc) is 3.69. The molecule has 1 aromatic carbocycles. The van der Waals surface area contributed by atoms with Crippen molar-refractivity contribution in [2.45, 2.75) is 19.1 Å². The highest BCUT2D eigenvalue weighted by atomic mass is 32.1. The van der Waals surface area contributed by atoms with Crippen LogP contribution < -0.4 is 20.1 Å². The molecule has 1 atom stereocenters. The molecule has 0 unspecified atom stereocenters. The van der Waals surface area contributed by atoms with Crippen molar-refractivity contribution < 1.29 is 28.9 Å². The van der Waals surface area contributed by atoms with Gasteiger partial charge in [-0.3, -0.25) is 14.3 Å². The predicted molar refractivity (Wildman–Crippen MR) is 152 cm³/mol. The number of anilines is 1. The van der Waals surface area contributed by atoms with Crippen LogP contribution in [0.4, 0.5) is 10.6 Å². The lowest BCUT2D eigenvalue weighted by Crippen LogP contribution is -2.23. The standard InChI is InChI=1S/C28H31N5O6S/c1-29-28(36)33-10-6-18-13-24(23(15-22(18)33)38-12-11-37-2)39-20-5-8-30-26(14-20)31-27(35)25-4-3-21(40-25)17-32-9-7-19(34)16-32/h3-6,8,10,13-15,19,34H,7,9,11-12,16-17H2,1-2H3,(H,29,36)(H,30,31,35)/t19-/m0/s1. The Morgan fingerprint density at radius 1 is 1.15 bits per heavy atom. The van der Waals surface area contributed by atoms with Crippen molar-refractivity contribution in [3.8, 4) is 17.2 Å². The molecule has 0 saturated carbocycles. The van der Waals surface area contributed by atoms with Crippen molar-refractivity contribution in [3.05, 3.63) is 64.6 Å². The number of fused-ring (bicyclic) bond motifs is 1. The van der Waals surface area contributed by atoms with Crippen LogP contribution in [0.2, 0.25) is 0 Å². The summed E-state index contributed by atoms with van der Waals surface area (Å²) in [5, 5.41) is 16.0. The van der Waals surface area contributed by atoms with Gasteiger partial charge in [0.05, 0.1) is 23.1 Å². The summed E-state index contributed by atoms with van der Waals surface area (Å²) in [4.78, 5) is 33.3. The number of amides is 2. The van der Waals surface area contributed by atoms with Gasteiger partial charge in [0.2, 0.25) is 0 Å². The molecule has 0 bridgehead atoms. The van der Waals surface area contributed by atoms with Gasteiger partial charge in [-0.05, 0) is 36.8 Å². The zero-order chi connectivity index (χ0) is 28.1. The first-order valence-corrected chi connectivity index (χ1v) is 13.7. The number of hydrogen-bond donors (Lipinski definition) is 3. The molecule has 3 N–H and O–H groups in total. The van der Waals surface area contributed by atoms with E-state index in [2.05, 4.69) is 20.5 Å². The minimum absolute atomic E-state index is 0.261. The Labute approximate surface area is 235 Å². The number of hydrogen-bond acceptors (Lipinski definition) is 9. The van der Waals surface area contributed by atoms with Gasteiger partial charge in [0, 0.05) is 68.6 Å². The first kappa shape index (κ1) is 27.6. The van der Waals surface area contributed by atoms with Gasteiger partial charge in [-0.15, -0.1) is 11.3 Å². The third-order valence-corrected chi connectivity index (χ3v) is 7.52. The highest BCUT2D eigenvalue weighted by Gasteiger charge is 2.21. The van der Waals surface area contributed by atoms with Gasteiger partial charge in [-0.2, -0.15) is 0 Å². The fourth-order valence-electron chi connectivity index (χ4n) is 4.48. The average molecular weight is 566 g/mol. The van der Waals surface area contributed by atoms with E-state index in [9.17, 15) is 14.7 Å². The molecule has 1 aliphatic rings. The van der Waals surface area contributed by atoms with Gasteiger partial charge in [0.25, 0.3) is 5.91 Å². The van der Waals surface area contributed by atoms with E-state index in [1.54, 1.807) is 56.9 Å². The van der Waals surface area contributed by atoms with E-state index >= 15 is 0 Å². The highest BCUT2D eigenvalue weighted by molar-refractivity contribution is 7.14. The van der Waals surface area contributed by atoms with E-state index in [0.29, 0.717) is 53.2 Å². The molecule has 210 valence electrons. The summed E-state index contributed by atoms with van der Waals surface area (Å²) >= 11 is 1.42. The maximum Gasteiger partial charge on any atom is 0.325 e. The Balaban J connectivity index is 1.31. The number of methoxy groups -OCH3 is 1. The second-order valence-corrected chi connectivity index (χ2v) is 10.5. The fraction of sp³-hybridized carbons (Fsp3) is 0.321. The van der Waals surface area contributed by atoms with Crippen molar-refractivity contribution in [2.75, 3.05) is 45.8 Å². The molecule has 0 aliphatic carbocycles. The number of likely N-dealkylation sites (tertiary alicyclic amines) is 1. The lowest BCUT2D eigenvalue weighted by atomic mass is 10.2. The number of rotatable bonds is 10. The summed E-state index contributed by atoms with van der Waals surface area (Å²) in [5.41, 5.74) is 0.665. The van der Waals surface area contributed by atoms with Crippen molar-refractivity contribution in [1.82, 2.24) is 19.8 Å². The number of aromatic nitrogens is 2. The van der Waals surface area contributed by atoms with E-state index in [0.717, 1.165) is 23.2 Å². The molecular formula is C28H31N5O6S. The monoisotopic (exact) mass is 565 g/mol. The lowest BCUT2D eigenvalue weighted by Gasteiger charge is -2.14. The van der Waals surface area contributed by atoms with E-state index in [1.807, 2.05) is 12.1 Å². The molecule has 11 nitrogen and oxygen atoms in total. The third kappa shape index (κ3) is 6.42. The Morgan fingerprint density at radius 3 is 2.80 bits per heavy atom. The number of carbonyl (C=O) groups excluding carboxylic acids is 2. The van der Waals surface area contributed by atoms with E-state index in [4.69, 9.17) is 14.2 Å². The zero-order valence-corrected chi connectivity index (χ0v) is 23.1. The minimum Gasteiger partial charge on any atom is -0.487 e. The Hall–Kier alpha value is -3.97. The number of thiophene rings is 1. The molecule has 1 aliphatic heterocycles. The molecule has 0 radical (unpaired) electrons. The quantitative estimate of drug-likeness (QED) is 0.247. The molecule has 0 spiro atoms. The Morgan fingerprint density at radius 2 is 2.02 bits per heavy atom. The van der Waals surface area contributed by atoms with Gasteiger partial charge in [0.1, 0.15) is 18.2 Å². The van der Waals surface area contributed by atoms with Crippen molar-refractivity contribution in [3.63, 3.8) is 0 Å². The molecular weight excluding hydrogens is 534 g/mol. The first-order valence-electron chi connectivity index (χ1n) is 12.9. The molecule has 3 aromatic heterocycles. The molecule has 4 heterocycles. The smallest absolute Gasteiger partial charge is 0.325 e. The normalized spacial score (nSPS) is 15.3. The van der Waals surface area contributed by atoms with Gasteiger partial charge < -0.3 is 30.0 Å². The van der Waals surface area contributed by atoms with Gasteiger partial charge in [-0.1, -0.05) is 0 Å². The molecule has 1 fully saturated rings. The lowest BCUT2D eigenvalue weighted by molar-refractivity contribution is 0.103. The SMILES string of the molecule is CNC(=O)n1ccc2cc(Oc3ccnc(NC(=O)c4ccc(CN5CC[C@H](O)C5)s4)c3)c(OCCOC)cc21. The van der Waals surface area contributed by atoms with Crippen LogP contribution in [-0.2, 0) is 11.3 Å². The molecule has 4 aromatic rings. The van der Waals surface area contributed by atoms with Crippen molar-refractivity contribution in [2.24, 2.45) is 0 Å². The van der Waals surface area contributed by atoms with Gasteiger partial charge in [-0.25, -0.2) is 9.78 Å². The van der Waals surface area contributed by atoms with Crippen LogP contribution in [0, 0.1) is 0 Å². The number of nitrogens with zero attached hydrogens (tertiary/aromatic N) is 3. The summed E-state index contributed by atoms with van der Waals surface area (Å²) in [6.45, 7) is 2.88. The van der Waals surface area contributed by atoms with Gasteiger partial charge in [0.15, 0.2) is 11.5 Å². The summed E-state index contributed by atoms with van der Waals surface area (Å²) in [6.07, 6.45) is 3.73. The van der Waals surface area contributed by atoms with Crippen LogP contribution in [0.5, 0.6) is 17.2 Å². The number of ether oxygens (including phenoxy) is 3. The number of carbonyl (C=O) groups is 2. The maximum absolute atomic E-state index is 12.9. The number of aliphatic hydroxyl groups is 1. The molecule has 1 saturated heterocycles. The van der Waals surface area contributed by atoms with E-state index < -0.39 is 0 Å². The van der Waals surface area contributed by atoms with E-state index in [-0.39, 0.29) is 24.6 Å². The Kier molecular flexibility index (Phi) is 8.60. The second kappa shape index (κ2) is 12.5. The molecule has 40 heavy (non-hydrogen) atoms.